The van der Waals surface area contributed by atoms with Crippen molar-refractivity contribution in [2.75, 3.05) is 7.11 Å². The summed E-state index contributed by atoms with van der Waals surface area (Å²) in [6, 6.07) is 3.40. The average Bonchev–Trinajstić information content (AvgIpc) is 2.56. The lowest BCUT2D eigenvalue weighted by Crippen LogP contribution is -2.29. The molecule has 1 aromatic carbocycles. The van der Waals surface area contributed by atoms with E-state index in [9.17, 15) is 9.59 Å². The quantitative estimate of drug-likeness (QED) is 0.557. The average molecular weight is 367 g/mol. The standard InChI is InChI=1S/C19H23ClO5/c1-12(2)24-19-14(20)10-13(11-17(19)23-3)8-9-18(22)25-16-7-5-4-6-15(16)21/h8-12,16H,4-7H2,1-3H3/b9-8+/t16-/m0/s1. The Labute approximate surface area is 152 Å². The van der Waals surface area contributed by atoms with Crippen LogP contribution in [0, 0.1) is 0 Å². The van der Waals surface area contributed by atoms with E-state index in [4.69, 9.17) is 25.8 Å². The maximum Gasteiger partial charge on any atom is 0.331 e. The highest BCUT2D eigenvalue weighted by Crippen LogP contribution is 2.37. The normalized spacial score (nSPS) is 17.8. The van der Waals surface area contributed by atoms with Crippen molar-refractivity contribution in [1.29, 1.82) is 0 Å². The lowest BCUT2D eigenvalue weighted by molar-refractivity contribution is -0.152. The fourth-order valence-electron chi connectivity index (χ4n) is 2.61. The number of halogens is 1. The number of carbonyl (C=O) groups excluding carboxylic acids is 2. The molecular weight excluding hydrogens is 344 g/mol. The van der Waals surface area contributed by atoms with E-state index in [2.05, 4.69) is 0 Å². The zero-order valence-electron chi connectivity index (χ0n) is 14.7. The first-order valence-corrected chi connectivity index (χ1v) is 8.74. The molecule has 1 aliphatic carbocycles. The molecule has 1 aliphatic rings. The van der Waals surface area contributed by atoms with Gasteiger partial charge < -0.3 is 14.2 Å². The molecule has 0 aromatic heterocycles. The van der Waals surface area contributed by atoms with Gasteiger partial charge in [0.2, 0.25) is 0 Å². The first-order valence-electron chi connectivity index (χ1n) is 8.36. The van der Waals surface area contributed by atoms with Gasteiger partial charge in [0.15, 0.2) is 23.4 Å². The monoisotopic (exact) mass is 366 g/mol. The minimum atomic E-state index is -0.620. The van der Waals surface area contributed by atoms with Crippen LogP contribution < -0.4 is 9.47 Å². The van der Waals surface area contributed by atoms with E-state index in [-0.39, 0.29) is 11.9 Å². The van der Waals surface area contributed by atoms with Crippen molar-refractivity contribution in [3.63, 3.8) is 0 Å². The Morgan fingerprint density at radius 1 is 1.32 bits per heavy atom. The molecule has 0 aliphatic heterocycles. The molecule has 0 bridgehead atoms. The third-order valence-corrected chi connectivity index (χ3v) is 4.05. The van der Waals surface area contributed by atoms with E-state index in [1.54, 1.807) is 18.2 Å². The SMILES string of the molecule is COc1cc(/C=C/C(=O)O[C@H]2CCCCC2=O)cc(Cl)c1OC(C)C. The molecule has 0 saturated heterocycles. The number of Topliss-reactive ketones (excluding diaryl/α,β-unsaturated/α-hetero) is 1. The van der Waals surface area contributed by atoms with Crippen LogP contribution in [-0.2, 0) is 14.3 Å². The fraction of sp³-hybridized carbons (Fsp3) is 0.474. The number of ether oxygens (including phenoxy) is 3. The number of hydrogen-bond acceptors (Lipinski definition) is 5. The maximum absolute atomic E-state index is 11.9. The van der Waals surface area contributed by atoms with Crippen molar-refractivity contribution in [2.24, 2.45) is 0 Å². The molecule has 0 radical (unpaired) electrons. The molecule has 1 atom stereocenters. The molecule has 0 amide bonds. The van der Waals surface area contributed by atoms with Gasteiger partial charge in [-0.25, -0.2) is 4.79 Å². The smallest absolute Gasteiger partial charge is 0.331 e. The zero-order chi connectivity index (χ0) is 18.4. The van der Waals surface area contributed by atoms with E-state index in [1.807, 2.05) is 13.8 Å². The van der Waals surface area contributed by atoms with E-state index < -0.39 is 12.1 Å². The molecule has 5 nitrogen and oxygen atoms in total. The highest BCUT2D eigenvalue weighted by molar-refractivity contribution is 6.32. The van der Waals surface area contributed by atoms with Crippen LogP contribution in [0.25, 0.3) is 6.08 Å². The second-order valence-corrected chi connectivity index (χ2v) is 6.58. The van der Waals surface area contributed by atoms with Crippen LogP contribution in [0.15, 0.2) is 18.2 Å². The van der Waals surface area contributed by atoms with Crippen LogP contribution in [0.1, 0.15) is 45.1 Å². The van der Waals surface area contributed by atoms with Gasteiger partial charge in [-0.05, 0) is 56.9 Å². The molecule has 25 heavy (non-hydrogen) atoms. The first kappa shape index (κ1) is 19.3. The second kappa shape index (κ2) is 8.90. The van der Waals surface area contributed by atoms with Gasteiger partial charge in [0.05, 0.1) is 18.2 Å². The Bertz CT molecular complexity index is 666. The Hall–Kier alpha value is -2.01. The number of hydrogen-bond donors (Lipinski definition) is 0. The van der Waals surface area contributed by atoms with Crippen LogP contribution in [-0.4, -0.2) is 31.1 Å². The molecule has 1 aromatic rings. The summed E-state index contributed by atoms with van der Waals surface area (Å²) < 4.78 is 16.2. The third-order valence-electron chi connectivity index (χ3n) is 3.77. The van der Waals surface area contributed by atoms with Crippen molar-refractivity contribution in [3.8, 4) is 11.5 Å². The molecule has 1 fully saturated rings. The molecule has 1 saturated carbocycles. The van der Waals surface area contributed by atoms with Crippen molar-refractivity contribution in [2.45, 2.75) is 51.7 Å². The molecule has 2 rings (SSSR count). The minimum absolute atomic E-state index is 0.00657. The highest BCUT2D eigenvalue weighted by Gasteiger charge is 2.24. The molecule has 0 N–H and O–H groups in total. The Kier molecular flexibility index (Phi) is 6.88. The Morgan fingerprint density at radius 3 is 2.72 bits per heavy atom. The van der Waals surface area contributed by atoms with Crippen LogP contribution in [0.2, 0.25) is 5.02 Å². The molecular formula is C19H23ClO5. The van der Waals surface area contributed by atoms with Gasteiger partial charge in [0.1, 0.15) is 0 Å². The molecule has 0 spiro atoms. The summed E-state index contributed by atoms with van der Waals surface area (Å²) in [7, 11) is 1.52. The lowest BCUT2D eigenvalue weighted by atomic mass is 9.96. The molecule has 6 heteroatoms. The van der Waals surface area contributed by atoms with Gasteiger partial charge in [0, 0.05) is 12.5 Å². The molecule has 136 valence electrons. The summed E-state index contributed by atoms with van der Waals surface area (Å²) in [5.41, 5.74) is 0.671. The van der Waals surface area contributed by atoms with Gasteiger partial charge in [-0.2, -0.15) is 0 Å². The summed E-state index contributed by atoms with van der Waals surface area (Å²) >= 11 is 6.25. The number of ketones is 1. The second-order valence-electron chi connectivity index (χ2n) is 6.17. The van der Waals surface area contributed by atoms with E-state index >= 15 is 0 Å². The largest absolute Gasteiger partial charge is 0.493 e. The summed E-state index contributed by atoms with van der Waals surface area (Å²) in [5, 5.41) is 0.392. The predicted molar refractivity (Wildman–Crippen MR) is 96.2 cm³/mol. The maximum atomic E-state index is 11.9. The summed E-state index contributed by atoms with van der Waals surface area (Å²) in [6.45, 7) is 3.79. The number of benzene rings is 1. The van der Waals surface area contributed by atoms with Gasteiger partial charge in [-0.1, -0.05) is 11.6 Å². The third kappa shape index (κ3) is 5.49. The predicted octanol–water partition coefficient (Wildman–Crippen LogP) is 4.20. The van der Waals surface area contributed by atoms with Crippen LogP contribution >= 0.6 is 11.6 Å². The van der Waals surface area contributed by atoms with Gasteiger partial charge in [-0.3, -0.25) is 4.79 Å². The van der Waals surface area contributed by atoms with Crippen molar-refractivity contribution < 1.29 is 23.8 Å². The lowest BCUT2D eigenvalue weighted by Gasteiger charge is -2.19. The summed E-state index contributed by atoms with van der Waals surface area (Å²) in [4.78, 5) is 23.6. The molecule has 0 unspecified atom stereocenters. The van der Waals surface area contributed by atoms with Gasteiger partial charge in [-0.15, -0.1) is 0 Å². The molecule has 0 heterocycles. The van der Waals surface area contributed by atoms with Crippen molar-refractivity contribution in [1.82, 2.24) is 0 Å². The number of methoxy groups -OCH3 is 1. The zero-order valence-corrected chi connectivity index (χ0v) is 15.5. The van der Waals surface area contributed by atoms with E-state index in [0.29, 0.717) is 34.9 Å². The van der Waals surface area contributed by atoms with E-state index in [1.165, 1.54) is 13.2 Å². The van der Waals surface area contributed by atoms with Crippen LogP contribution in [0.3, 0.4) is 0 Å². The fourth-order valence-corrected chi connectivity index (χ4v) is 2.87. The number of carbonyl (C=O) groups is 2. The van der Waals surface area contributed by atoms with Crippen LogP contribution in [0.5, 0.6) is 11.5 Å². The van der Waals surface area contributed by atoms with E-state index in [0.717, 1.165) is 12.8 Å². The van der Waals surface area contributed by atoms with Gasteiger partial charge in [0.25, 0.3) is 0 Å². The van der Waals surface area contributed by atoms with Crippen molar-refractivity contribution >= 4 is 29.4 Å². The first-order chi connectivity index (χ1) is 11.9. The Balaban J connectivity index is 2.08. The van der Waals surface area contributed by atoms with Crippen LogP contribution in [0.4, 0.5) is 0 Å². The topological polar surface area (TPSA) is 61.8 Å². The highest BCUT2D eigenvalue weighted by atomic mass is 35.5. The summed E-state index contributed by atoms with van der Waals surface area (Å²) in [5.74, 6) is 0.397. The summed E-state index contributed by atoms with van der Waals surface area (Å²) in [6.07, 6.45) is 5.04. The van der Waals surface area contributed by atoms with Gasteiger partial charge >= 0.3 is 5.97 Å². The number of rotatable bonds is 6. The number of esters is 1. The minimum Gasteiger partial charge on any atom is -0.493 e. The van der Waals surface area contributed by atoms with Crippen molar-refractivity contribution in [3.05, 3.63) is 28.8 Å². The Morgan fingerprint density at radius 2 is 2.08 bits per heavy atom.